The van der Waals surface area contributed by atoms with Crippen LogP contribution in [0.5, 0.6) is 0 Å². The Hall–Kier alpha value is -3.21. The van der Waals surface area contributed by atoms with Crippen LogP contribution >= 0.6 is 11.3 Å². The van der Waals surface area contributed by atoms with Crippen molar-refractivity contribution in [2.24, 2.45) is 5.92 Å². The van der Waals surface area contributed by atoms with Gasteiger partial charge in [-0.05, 0) is 38.8 Å². The number of likely N-dealkylation sites (tertiary alicyclic amines) is 1. The number of nitrogens with zero attached hydrogens (tertiary/aromatic N) is 5. The minimum Gasteiger partial charge on any atom is -0.356 e. The molecule has 4 heterocycles. The highest BCUT2D eigenvalue weighted by Crippen LogP contribution is 2.28. The second-order valence-corrected chi connectivity index (χ2v) is 8.92. The van der Waals surface area contributed by atoms with Gasteiger partial charge in [-0.3, -0.25) is 14.6 Å². The van der Waals surface area contributed by atoms with E-state index < -0.39 is 5.82 Å². The highest BCUT2D eigenvalue weighted by molar-refractivity contribution is 7.18. The van der Waals surface area contributed by atoms with Crippen molar-refractivity contribution in [3.8, 4) is 0 Å². The molecule has 0 spiro atoms. The van der Waals surface area contributed by atoms with Crippen LogP contribution in [0.1, 0.15) is 47.4 Å². The molecule has 0 radical (unpaired) electrons. The largest absolute Gasteiger partial charge is 0.356 e. The van der Waals surface area contributed by atoms with E-state index in [4.69, 9.17) is 0 Å². The number of thiazole rings is 1. The molecule has 1 saturated heterocycles. The van der Waals surface area contributed by atoms with Crippen LogP contribution in [0, 0.1) is 18.7 Å². The number of rotatable bonds is 6. The summed E-state index contributed by atoms with van der Waals surface area (Å²) in [7, 11) is 0. The monoisotopic (exact) mass is 457 g/mol. The van der Waals surface area contributed by atoms with Crippen LogP contribution in [0.3, 0.4) is 0 Å². The fourth-order valence-electron chi connectivity index (χ4n) is 3.71. The number of fused-ring (bicyclic) bond motifs is 1. The number of aromatic nitrogens is 4. The average molecular weight is 458 g/mol. The first-order valence-electron chi connectivity index (χ1n) is 10.4. The Bertz CT molecular complexity index is 1170. The van der Waals surface area contributed by atoms with Gasteiger partial charge in [-0.15, -0.1) is 11.3 Å². The summed E-state index contributed by atoms with van der Waals surface area (Å²) in [6, 6.07) is 1.04. The van der Waals surface area contributed by atoms with E-state index in [9.17, 15) is 14.0 Å². The lowest BCUT2D eigenvalue weighted by molar-refractivity contribution is -0.124. The number of hydrogen-bond donors (Lipinski definition) is 2. The first-order valence-corrected chi connectivity index (χ1v) is 11.3. The quantitative estimate of drug-likeness (QED) is 0.585. The number of nitrogens with one attached hydrogen (secondary N) is 2. The van der Waals surface area contributed by atoms with Crippen molar-refractivity contribution < 1.29 is 14.0 Å². The van der Waals surface area contributed by atoms with Gasteiger partial charge in [-0.1, -0.05) is 0 Å². The second kappa shape index (κ2) is 9.11. The molecule has 168 valence electrons. The van der Waals surface area contributed by atoms with Gasteiger partial charge >= 0.3 is 0 Å². The molecule has 11 heteroatoms. The van der Waals surface area contributed by atoms with Gasteiger partial charge in [0.05, 0.1) is 23.2 Å². The molecule has 0 aliphatic carbocycles. The smallest absolute Gasteiger partial charge is 0.274 e. The molecular weight excluding hydrogens is 433 g/mol. The standard InChI is InChI=1S/C21H24FN7O2S/c1-4-24-19(30)13-5-6-29(10-13)20(31)16-17-18(26-12(3)32-17)28-21(27-16)25-11(2)14-7-15(22)9-23-8-14/h7-9,11,13H,4-6,10H2,1-3H3,(H,24,30)(H,25,27,28)/t11-,13?/m0/s1. The van der Waals surface area contributed by atoms with Crippen LogP contribution in [-0.2, 0) is 4.79 Å². The van der Waals surface area contributed by atoms with E-state index in [0.29, 0.717) is 42.0 Å². The Kier molecular flexibility index (Phi) is 6.26. The number of amides is 2. The minimum atomic E-state index is -0.436. The third-order valence-corrected chi connectivity index (χ3v) is 6.30. The van der Waals surface area contributed by atoms with E-state index >= 15 is 0 Å². The lowest BCUT2D eigenvalue weighted by Gasteiger charge is -2.18. The summed E-state index contributed by atoms with van der Waals surface area (Å²) >= 11 is 1.36. The molecule has 0 aromatic carbocycles. The topological polar surface area (TPSA) is 113 Å². The number of carbonyl (C=O) groups excluding carboxylic acids is 2. The second-order valence-electron chi connectivity index (χ2n) is 7.72. The number of anilines is 1. The van der Waals surface area contributed by atoms with Gasteiger partial charge in [-0.25, -0.2) is 14.4 Å². The first-order chi connectivity index (χ1) is 15.4. The van der Waals surface area contributed by atoms with Crippen molar-refractivity contribution in [1.82, 2.24) is 30.2 Å². The van der Waals surface area contributed by atoms with Crippen molar-refractivity contribution in [1.29, 1.82) is 0 Å². The normalized spacial score (nSPS) is 16.9. The van der Waals surface area contributed by atoms with Gasteiger partial charge in [0, 0.05) is 25.8 Å². The van der Waals surface area contributed by atoms with Crippen LogP contribution in [0.15, 0.2) is 18.5 Å². The minimum absolute atomic E-state index is 0.0378. The number of pyridine rings is 1. The van der Waals surface area contributed by atoms with Gasteiger partial charge in [0.1, 0.15) is 10.5 Å². The molecule has 0 bridgehead atoms. The van der Waals surface area contributed by atoms with Gasteiger partial charge in [-0.2, -0.15) is 4.98 Å². The fourth-order valence-corrected chi connectivity index (χ4v) is 4.55. The Morgan fingerprint density at radius 2 is 2.12 bits per heavy atom. The Morgan fingerprint density at radius 1 is 1.31 bits per heavy atom. The van der Waals surface area contributed by atoms with Gasteiger partial charge in [0.2, 0.25) is 11.9 Å². The summed E-state index contributed by atoms with van der Waals surface area (Å²) in [6.07, 6.45) is 3.31. The van der Waals surface area contributed by atoms with Crippen LogP contribution in [0.25, 0.3) is 10.3 Å². The van der Waals surface area contributed by atoms with E-state index in [0.717, 1.165) is 11.2 Å². The maximum Gasteiger partial charge on any atom is 0.274 e. The van der Waals surface area contributed by atoms with Crippen LogP contribution < -0.4 is 10.6 Å². The first kappa shape index (κ1) is 22.0. The Labute approximate surface area is 188 Å². The van der Waals surface area contributed by atoms with E-state index in [-0.39, 0.29) is 35.4 Å². The van der Waals surface area contributed by atoms with E-state index in [1.54, 1.807) is 11.1 Å². The number of halogens is 1. The molecule has 0 saturated carbocycles. The maximum absolute atomic E-state index is 13.5. The summed E-state index contributed by atoms with van der Waals surface area (Å²) < 4.78 is 14.2. The van der Waals surface area contributed by atoms with E-state index in [2.05, 4.69) is 30.6 Å². The number of aryl methyl sites for hydroxylation is 1. The molecule has 32 heavy (non-hydrogen) atoms. The molecule has 3 aromatic rings. The predicted molar refractivity (Wildman–Crippen MR) is 119 cm³/mol. The third-order valence-electron chi connectivity index (χ3n) is 5.33. The lowest BCUT2D eigenvalue weighted by atomic mass is 10.1. The summed E-state index contributed by atoms with van der Waals surface area (Å²) in [5.74, 6) is -0.728. The molecule has 2 N–H and O–H groups in total. The number of carbonyl (C=O) groups is 2. The van der Waals surface area contributed by atoms with Crippen LogP contribution in [-0.4, -0.2) is 56.3 Å². The zero-order valence-electron chi connectivity index (χ0n) is 18.1. The van der Waals surface area contributed by atoms with Crippen molar-refractivity contribution in [3.05, 3.63) is 40.5 Å². The zero-order valence-corrected chi connectivity index (χ0v) is 18.9. The number of hydrogen-bond acceptors (Lipinski definition) is 8. The molecule has 2 amide bonds. The van der Waals surface area contributed by atoms with E-state index in [1.165, 1.54) is 17.4 Å². The summed E-state index contributed by atoms with van der Waals surface area (Å²) in [5, 5.41) is 6.70. The van der Waals surface area contributed by atoms with Crippen molar-refractivity contribution >= 4 is 39.4 Å². The summed E-state index contributed by atoms with van der Waals surface area (Å²) in [6.45, 7) is 6.93. The summed E-state index contributed by atoms with van der Waals surface area (Å²) in [5.41, 5.74) is 1.31. The van der Waals surface area contributed by atoms with Crippen LogP contribution in [0.4, 0.5) is 10.3 Å². The zero-order chi connectivity index (χ0) is 22.8. The lowest BCUT2D eigenvalue weighted by Crippen LogP contribution is -2.34. The molecule has 1 fully saturated rings. The molecule has 1 unspecified atom stereocenters. The van der Waals surface area contributed by atoms with E-state index in [1.807, 2.05) is 20.8 Å². The van der Waals surface area contributed by atoms with Crippen molar-refractivity contribution in [2.45, 2.75) is 33.2 Å². The van der Waals surface area contributed by atoms with Crippen molar-refractivity contribution in [2.75, 3.05) is 25.0 Å². The molecule has 4 rings (SSSR count). The molecule has 3 aromatic heterocycles. The Morgan fingerprint density at radius 3 is 2.88 bits per heavy atom. The average Bonchev–Trinajstić information content (AvgIpc) is 3.39. The maximum atomic E-state index is 13.5. The highest BCUT2D eigenvalue weighted by atomic mass is 32.1. The van der Waals surface area contributed by atoms with Crippen LogP contribution in [0.2, 0.25) is 0 Å². The molecular formula is C21H24FN7O2S. The SMILES string of the molecule is CCNC(=O)C1CCN(C(=O)c2nc(N[C@@H](C)c3cncc(F)c3)nc3nc(C)sc23)C1. The molecule has 1 aliphatic rings. The third kappa shape index (κ3) is 4.52. The van der Waals surface area contributed by atoms with Gasteiger partial charge < -0.3 is 15.5 Å². The highest BCUT2D eigenvalue weighted by Gasteiger charge is 2.33. The Balaban J connectivity index is 1.61. The fraction of sp³-hybridized carbons (Fsp3) is 0.429. The van der Waals surface area contributed by atoms with Gasteiger partial charge in [0.15, 0.2) is 11.3 Å². The van der Waals surface area contributed by atoms with Crippen molar-refractivity contribution in [3.63, 3.8) is 0 Å². The molecule has 9 nitrogen and oxygen atoms in total. The predicted octanol–water partition coefficient (Wildman–Crippen LogP) is 2.70. The molecule has 2 atom stereocenters. The van der Waals surface area contributed by atoms with Gasteiger partial charge in [0.25, 0.3) is 5.91 Å². The molecule has 1 aliphatic heterocycles. The summed E-state index contributed by atoms with van der Waals surface area (Å²) in [4.78, 5) is 44.4.